The van der Waals surface area contributed by atoms with Gasteiger partial charge in [0.05, 0.1) is 11.6 Å². The lowest BCUT2D eigenvalue weighted by molar-refractivity contribution is 0.298. The fourth-order valence-corrected chi connectivity index (χ4v) is 1.83. The smallest absolute Gasteiger partial charge is 0.137 e. The maximum Gasteiger partial charge on any atom is 0.137 e. The molecular weight excluding hydrogens is 234 g/mol. The third kappa shape index (κ3) is 4.97. The molecule has 0 unspecified atom stereocenters. The minimum Gasteiger partial charge on any atom is -0.492 e. The highest BCUT2D eigenvalue weighted by molar-refractivity contribution is 6.32. The average molecular weight is 256 g/mol. The normalized spacial score (nSPS) is 12.8. The molecule has 0 aliphatic rings. The Bertz CT molecular complexity index is 350. The molecule has 2 N–H and O–H groups in total. The van der Waals surface area contributed by atoms with Gasteiger partial charge in [0, 0.05) is 6.04 Å². The van der Waals surface area contributed by atoms with E-state index in [2.05, 4.69) is 13.8 Å². The zero-order chi connectivity index (χ0) is 12.8. The quantitative estimate of drug-likeness (QED) is 0.774. The zero-order valence-corrected chi connectivity index (χ0v) is 11.6. The largest absolute Gasteiger partial charge is 0.492 e. The van der Waals surface area contributed by atoms with E-state index >= 15 is 0 Å². The highest BCUT2D eigenvalue weighted by Crippen LogP contribution is 2.27. The molecule has 3 heteroatoms. The fourth-order valence-electron chi connectivity index (χ4n) is 1.59. The van der Waals surface area contributed by atoms with E-state index in [1.807, 2.05) is 25.1 Å². The van der Waals surface area contributed by atoms with Crippen LogP contribution in [0.4, 0.5) is 0 Å². The summed E-state index contributed by atoms with van der Waals surface area (Å²) in [6.45, 7) is 7.08. The Morgan fingerprint density at radius 2 is 2.00 bits per heavy atom. The van der Waals surface area contributed by atoms with Gasteiger partial charge in [0.2, 0.25) is 0 Å². The summed E-state index contributed by atoms with van der Waals surface area (Å²) < 4.78 is 5.65. The predicted molar refractivity (Wildman–Crippen MR) is 73.6 cm³/mol. The lowest BCUT2D eigenvalue weighted by Crippen LogP contribution is -2.05. The van der Waals surface area contributed by atoms with Crippen molar-refractivity contribution in [3.05, 3.63) is 28.8 Å². The van der Waals surface area contributed by atoms with Gasteiger partial charge in [-0.15, -0.1) is 0 Å². The van der Waals surface area contributed by atoms with Gasteiger partial charge >= 0.3 is 0 Å². The van der Waals surface area contributed by atoms with Gasteiger partial charge in [-0.25, -0.2) is 0 Å². The topological polar surface area (TPSA) is 35.2 Å². The molecule has 0 saturated heterocycles. The molecule has 0 aromatic heterocycles. The fraction of sp³-hybridized carbons (Fsp3) is 0.571. The molecule has 0 spiro atoms. The Balaban J connectivity index is 2.49. The Morgan fingerprint density at radius 1 is 1.29 bits per heavy atom. The van der Waals surface area contributed by atoms with Crippen LogP contribution in [0, 0.1) is 5.92 Å². The summed E-state index contributed by atoms with van der Waals surface area (Å²) in [7, 11) is 0. The summed E-state index contributed by atoms with van der Waals surface area (Å²) in [5, 5.41) is 0.643. The maximum absolute atomic E-state index is 6.13. The molecule has 1 atom stereocenters. The number of nitrogens with two attached hydrogens (primary N) is 1. The van der Waals surface area contributed by atoms with Crippen LogP contribution in [-0.4, -0.2) is 6.61 Å². The van der Waals surface area contributed by atoms with Crippen molar-refractivity contribution < 1.29 is 4.74 Å². The highest BCUT2D eigenvalue weighted by atomic mass is 35.5. The molecule has 0 saturated carbocycles. The zero-order valence-electron chi connectivity index (χ0n) is 10.9. The lowest BCUT2D eigenvalue weighted by Gasteiger charge is -2.11. The van der Waals surface area contributed by atoms with Gasteiger partial charge in [-0.05, 0) is 43.4 Å². The van der Waals surface area contributed by atoms with E-state index in [9.17, 15) is 0 Å². The van der Waals surface area contributed by atoms with Crippen molar-refractivity contribution in [1.82, 2.24) is 0 Å². The monoisotopic (exact) mass is 255 g/mol. The molecule has 1 rings (SSSR count). The Hall–Kier alpha value is -0.730. The van der Waals surface area contributed by atoms with Gasteiger partial charge in [-0.2, -0.15) is 0 Å². The molecule has 17 heavy (non-hydrogen) atoms. The summed E-state index contributed by atoms with van der Waals surface area (Å²) in [6.07, 6.45) is 2.23. The van der Waals surface area contributed by atoms with Crippen molar-refractivity contribution in [2.45, 2.75) is 39.7 Å². The van der Waals surface area contributed by atoms with Crippen LogP contribution in [-0.2, 0) is 0 Å². The van der Waals surface area contributed by atoms with Crippen molar-refractivity contribution in [2.75, 3.05) is 6.61 Å². The van der Waals surface area contributed by atoms with Gasteiger partial charge in [0.25, 0.3) is 0 Å². The number of rotatable bonds is 6. The highest BCUT2D eigenvalue weighted by Gasteiger charge is 2.05. The molecule has 0 amide bonds. The first-order valence-electron chi connectivity index (χ1n) is 6.18. The minimum absolute atomic E-state index is 0.00231. The Kier molecular flexibility index (Phi) is 5.79. The van der Waals surface area contributed by atoms with Gasteiger partial charge in [0.1, 0.15) is 5.75 Å². The van der Waals surface area contributed by atoms with Crippen LogP contribution in [0.5, 0.6) is 5.75 Å². The summed E-state index contributed by atoms with van der Waals surface area (Å²) >= 11 is 6.13. The van der Waals surface area contributed by atoms with Crippen LogP contribution >= 0.6 is 11.6 Å². The molecular formula is C14H22ClNO. The van der Waals surface area contributed by atoms with Crippen molar-refractivity contribution in [2.24, 2.45) is 11.7 Å². The standard InChI is InChI=1S/C14H22ClNO/c1-10(2)5-4-8-17-14-7-6-12(11(3)16)9-13(14)15/h6-7,9-11H,4-5,8,16H2,1-3H3/t11-/m1/s1. The molecule has 0 fully saturated rings. The van der Waals surface area contributed by atoms with E-state index in [1.165, 1.54) is 6.42 Å². The number of ether oxygens (including phenoxy) is 1. The lowest BCUT2D eigenvalue weighted by atomic mass is 10.1. The summed E-state index contributed by atoms with van der Waals surface area (Å²) in [4.78, 5) is 0. The molecule has 2 nitrogen and oxygen atoms in total. The molecule has 0 heterocycles. The number of hydrogen-bond donors (Lipinski definition) is 1. The molecule has 0 bridgehead atoms. The van der Waals surface area contributed by atoms with E-state index in [0.29, 0.717) is 5.02 Å². The molecule has 0 radical (unpaired) electrons. The third-order valence-corrected chi connectivity index (χ3v) is 2.96. The van der Waals surface area contributed by atoms with Crippen LogP contribution in [0.2, 0.25) is 5.02 Å². The first kappa shape index (κ1) is 14.3. The van der Waals surface area contributed by atoms with Crippen LogP contribution < -0.4 is 10.5 Å². The van der Waals surface area contributed by atoms with Crippen molar-refractivity contribution >= 4 is 11.6 Å². The van der Waals surface area contributed by atoms with E-state index in [-0.39, 0.29) is 6.04 Å². The van der Waals surface area contributed by atoms with Crippen molar-refractivity contribution in [3.8, 4) is 5.75 Å². The molecule has 96 valence electrons. The summed E-state index contributed by atoms with van der Waals surface area (Å²) in [5.41, 5.74) is 6.82. The summed E-state index contributed by atoms with van der Waals surface area (Å²) in [5.74, 6) is 1.47. The predicted octanol–water partition coefficient (Wildman–Crippen LogP) is 4.17. The first-order chi connectivity index (χ1) is 8.00. The van der Waals surface area contributed by atoms with Crippen LogP contribution in [0.3, 0.4) is 0 Å². The second-order valence-electron chi connectivity index (χ2n) is 4.86. The van der Waals surface area contributed by atoms with Crippen LogP contribution in [0.15, 0.2) is 18.2 Å². The van der Waals surface area contributed by atoms with Gasteiger partial charge in [-0.1, -0.05) is 31.5 Å². The number of benzene rings is 1. The van der Waals surface area contributed by atoms with Gasteiger partial charge < -0.3 is 10.5 Å². The maximum atomic E-state index is 6.13. The van der Waals surface area contributed by atoms with Crippen LogP contribution in [0.1, 0.15) is 45.2 Å². The van der Waals surface area contributed by atoms with E-state index < -0.39 is 0 Å². The molecule has 0 aliphatic heterocycles. The van der Waals surface area contributed by atoms with Crippen LogP contribution in [0.25, 0.3) is 0 Å². The Morgan fingerprint density at radius 3 is 2.53 bits per heavy atom. The van der Waals surface area contributed by atoms with Gasteiger partial charge in [-0.3, -0.25) is 0 Å². The van der Waals surface area contributed by atoms with E-state index in [1.54, 1.807) is 0 Å². The molecule has 1 aromatic carbocycles. The third-order valence-electron chi connectivity index (χ3n) is 2.67. The second-order valence-corrected chi connectivity index (χ2v) is 5.27. The Labute approximate surface area is 109 Å². The number of hydrogen-bond acceptors (Lipinski definition) is 2. The van der Waals surface area contributed by atoms with E-state index in [0.717, 1.165) is 30.3 Å². The number of halogens is 1. The van der Waals surface area contributed by atoms with Crippen molar-refractivity contribution in [1.29, 1.82) is 0 Å². The first-order valence-corrected chi connectivity index (χ1v) is 6.56. The SMILES string of the molecule is CC(C)CCCOc1ccc([C@@H](C)N)cc1Cl. The average Bonchev–Trinajstić information content (AvgIpc) is 2.25. The van der Waals surface area contributed by atoms with E-state index in [4.69, 9.17) is 22.1 Å². The van der Waals surface area contributed by atoms with Crippen molar-refractivity contribution in [3.63, 3.8) is 0 Å². The molecule has 0 aliphatic carbocycles. The minimum atomic E-state index is 0.00231. The van der Waals surface area contributed by atoms with Gasteiger partial charge in [0.15, 0.2) is 0 Å². The summed E-state index contributed by atoms with van der Waals surface area (Å²) in [6, 6.07) is 5.75. The second kappa shape index (κ2) is 6.87. The molecule has 1 aromatic rings.